The SMILES string of the molecule is CCCNC(=O)CN(C)C(=O)CN(C)CC(C)(C)CN. The van der Waals surface area contributed by atoms with E-state index in [4.69, 9.17) is 5.73 Å². The Bertz CT molecular complexity index is 318. The van der Waals surface area contributed by atoms with Crippen molar-refractivity contribution in [2.45, 2.75) is 27.2 Å². The van der Waals surface area contributed by atoms with Gasteiger partial charge in [0.05, 0.1) is 13.1 Å². The standard InChI is InChI=1S/C14H30N4O2/c1-6-7-16-12(19)8-18(5)13(20)9-17(4)11-14(2,3)10-15/h6-11,15H2,1-5H3,(H,16,19). The van der Waals surface area contributed by atoms with E-state index in [1.54, 1.807) is 7.05 Å². The second-order valence-electron chi connectivity index (χ2n) is 6.14. The number of carbonyl (C=O) groups is 2. The summed E-state index contributed by atoms with van der Waals surface area (Å²) in [5, 5.41) is 2.76. The minimum Gasteiger partial charge on any atom is -0.355 e. The van der Waals surface area contributed by atoms with Crippen LogP contribution in [0.5, 0.6) is 0 Å². The van der Waals surface area contributed by atoms with E-state index >= 15 is 0 Å². The Kier molecular flexibility index (Phi) is 8.41. The molecule has 0 aliphatic heterocycles. The predicted molar refractivity (Wildman–Crippen MR) is 81.3 cm³/mol. The molecule has 0 aromatic rings. The van der Waals surface area contributed by atoms with Gasteiger partial charge < -0.3 is 16.0 Å². The molecule has 0 radical (unpaired) electrons. The van der Waals surface area contributed by atoms with Gasteiger partial charge in [-0.3, -0.25) is 14.5 Å². The third-order valence-corrected chi connectivity index (χ3v) is 3.03. The number of amides is 2. The van der Waals surface area contributed by atoms with Gasteiger partial charge in [0.25, 0.3) is 0 Å². The summed E-state index contributed by atoms with van der Waals surface area (Å²) in [6, 6.07) is 0. The number of nitrogens with zero attached hydrogens (tertiary/aromatic N) is 2. The van der Waals surface area contributed by atoms with Crippen molar-refractivity contribution in [1.29, 1.82) is 0 Å². The predicted octanol–water partition coefficient (Wildman–Crippen LogP) is -0.112. The monoisotopic (exact) mass is 286 g/mol. The van der Waals surface area contributed by atoms with Gasteiger partial charge in [0, 0.05) is 20.1 Å². The van der Waals surface area contributed by atoms with E-state index in [1.165, 1.54) is 4.90 Å². The van der Waals surface area contributed by atoms with Crippen molar-refractivity contribution in [3.8, 4) is 0 Å². The maximum absolute atomic E-state index is 12.0. The van der Waals surface area contributed by atoms with Gasteiger partial charge in [-0.1, -0.05) is 20.8 Å². The van der Waals surface area contributed by atoms with Crippen LogP contribution in [-0.2, 0) is 9.59 Å². The number of likely N-dealkylation sites (N-methyl/N-ethyl adjacent to an activating group) is 2. The van der Waals surface area contributed by atoms with Crippen LogP contribution >= 0.6 is 0 Å². The molecule has 3 N–H and O–H groups in total. The average molecular weight is 286 g/mol. The lowest BCUT2D eigenvalue weighted by atomic mass is 9.93. The van der Waals surface area contributed by atoms with E-state index < -0.39 is 0 Å². The number of rotatable bonds is 9. The molecule has 0 saturated heterocycles. The van der Waals surface area contributed by atoms with Crippen molar-refractivity contribution >= 4 is 11.8 Å². The van der Waals surface area contributed by atoms with E-state index in [0.717, 1.165) is 13.0 Å². The Morgan fingerprint density at radius 1 is 1.20 bits per heavy atom. The maximum Gasteiger partial charge on any atom is 0.239 e. The number of hydrogen-bond donors (Lipinski definition) is 2. The quantitative estimate of drug-likeness (QED) is 0.620. The molecule has 20 heavy (non-hydrogen) atoms. The van der Waals surface area contributed by atoms with Crippen molar-refractivity contribution in [2.75, 3.05) is 46.8 Å². The first-order valence-electron chi connectivity index (χ1n) is 7.11. The Hall–Kier alpha value is -1.14. The van der Waals surface area contributed by atoms with Crippen molar-refractivity contribution in [2.24, 2.45) is 11.1 Å². The molecular weight excluding hydrogens is 256 g/mol. The highest BCUT2D eigenvalue weighted by Gasteiger charge is 2.21. The van der Waals surface area contributed by atoms with Gasteiger partial charge in [0.2, 0.25) is 11.8 Å². The molecule has 0 saturated carbocycles. The highest BCUT2D eigenvalue weighted by Crippen LogP contribution is 2.13. The molecule has 0 heterocycles. The molecule has 0 atom stereocenters. The van der Waals surface area contributed by atoms with Gasteiger partial charge in [0.1, 0.15) is 0 Å². The van der Waals surface area contributed by atoms with Gasteiger partial charge in [0.15, 0.2) is 0 Å². The number of nitrogens with two attached hydrogens (primary N) is 1. The van der Waals surface area contributed by atoms with E-state index in [2.05, 4.69) is 19.2 Å². The van der Waals surface area contributed by atoms with Crippen LogP contribution in [0.4, 0.5) is 0 Å². The summed E-state index contributed by atoms with van der Waals surface area (Å²) >= 11 is 0. The summed E-state index contributed by atoms with van der Waals surface area (Å²) in [4.78, 5) is 26.9. The van der Waals surface area contributed by atoms with Gasteiger partial charge in [-0.25, -0.2) is 0 Å². The minimum atomic E-state index is -0.118. The Morgan fingerprint density at radius 2 is 1.80 bits per heavy atom. The topological polar surface area (TPSA) is 78.7 Å². The summed E-state index contributed by atoms with van der Waals surface area (Å²) in [5.74, 6) is -0.181. The molecule has 6 heteroatoms. The second kappa shape index (κ2) is 8.92. The molecule has 6 nitrogen and oxygen atoms in total. The van der Waals surface area contributed by atoms with Crippen LogP contribution < -0.4 is 11.1 Å². The first kappa shape index (κ1) is 18.9. The van der Waals surface area contributed by atoms with Crippen LogP contribution in [0.3, 0.4) is 0 Å². The molecule has 118 valence electrons. The lowest BCUT2D eigenvalue weighted by Crippen LogP contribution is -2.45. The average Bonchev–Trinajstić information content (AvgIpc) is 2.35. The van der Waals surface area contributed by atoms with E-state index in [1.807, 2.05) is 18.9 Å². The molecule has 0 bridgehead atoms. The lowest BCUT2D eigenvalue weighted by molar-refractivity contribution is -0.135. The summed E-state index contributed by atoms with van der Waals surface area (Å²) in [6.07, 6.45) is 0.889. The highest BCUT2D eigenvalue weighted by molar-refractivity contribution is 5.85. The molecule has 0 spiro atoms. The van der Waals surface area contributed by atoms with Gasteiger partial charge in [-0.15, -0.1) is 0 Å². The zero-order valence-electron chi connectivity index (χ0n) is 13.5. The maximum atomic E-state index is 12.0. The van der Waals surface area contributed by atoms with Crippen LogP contribution in [0.15, 0.2) is 0 Å². The van der Waals surface area contributed by atoms with Crippen LogP contribution in [0.25, 0.3) is 0 Å². The smallest absolute Gasteiger partial charge is 0.239 e. The largest absolute Gasteiger partial charge is 0.355 e. The fourth-order valence-corrected chi connectivity index (χ4v) is 1.83. The summed E-state index contributed by atoms with van der Waals surface area (Å²) in [6.45, 7) is 8.47. The summed E-state index contributed by atoms with van der Waals surface area (Å²) in [7, 11) is 3.54. The molecule has 2 amide bonds. The lowest BCUT2D eigenvalue weighted by Gasteiger charge is -2.29. The van der Waals surface area contributed by atoms with Crippen LogP contribution in [0, 0.1) is 5.41 Å². The van der Waals surface area contributed by atoms with Crippen molar-refractivity contribution < 1.29 is 9.59 Å². The Labute approximate surface area is 122 Å². The van der Waals surface area contributed by atoms with Gasteiger partial charge in [-0.05, 0) is 25.4 Å². The van der Waals surface area contributed by atoms with Crippen molar-refractivity contribution in [3.05, 3.63) is 0 Å². The highest BCUT2D eigenvalue weighted by atomic mass is 16.2. The van der Waals surface area contributed by atoms with Crippen LogP contribution in [-0.4, -0.2) is 68.4 Å². The molecule has 0 fully saturated rings. The molecule has 0 aliphatic rings. The fraction of sp³-hybridized carbons (Fsp3) is 0.857. The zero-order chi connectivity index (χ0) is 15.8. The van der Waals surface area contributed by atoms with E-state index in [9.17, 15) is 9.59 Å². The molecule has 0 aliphatic carbocycles. The minimum absolute atomic E-state index is 0.0217. The Balaban J connectivity index is 4.16. The number of hydrogen-bond acceptors (Lipinski definition) is 4. The van der Waals surface area contributed by atoms with E-state index in [0.29, 0.717) is 19.6 Å². The first-order chi connectivity index (χ1) is 9.21. The summed E-state index contributed by atoms with van der Waals surface area (Å²) in [5.41, 5.74) is 5.66. The van der Waals surface area contributed by atoms with Gasteiger partial charge in [-0.2, -0.15) is 0 Å². The Morgan fingerprint density at radius 3 is 2.30 bits per heavy atom. The fourth-order valence-electron chi connectivity index (χ4n) is 1.83. The summed E-state index contributed by atoms with van der Waals surface area (Å²) < 4.78 is 0. The third-order valence-electron chi connectivity index (χ3n) is 3.03. The molecule has 0 unspecified atom stereocenters. The van der Waals surface area contributed by atoms with Crippen LogP contribution in [0.2, 0.25) is 0 Å². The molecular formula is C14H30N4O2. The molecule has 0 aromatic heterocycles. The molecule has 0 aromatic carbocycles. The third kappa shape index (κ3) is 8.12. The zero-order valence-corrected chi connectivity index (χ0v) is 13.5. The number of nitrogens with one attached hydrogen (secondary N) is 1. The van der Waals surface area contributed by atoms with E-state index in [-0.39, 0.29) is 23.8 Å². The normalized spacial score (nSPS) is 11.6. The van der Waals surface area contributed by atoms with Gasteiger partial charge >= 0.3 is 0 Å². The molecule has 0 rings (SSSR count). The first-order valence-corrected chi connectivity index (χ1v) is 7.11. The second-order valence-corrected chi connectivity index (χ2v) is 6.14. The van der Waals surface area contributed by atoms with Crippen LogP contribution in [0.1, 0.15) is 27.2 Å². The van der Waals surface area contributed by atoms with Crippen molar-refractivity contribution in [3.63, 3.8) is 0 Å². The van der Waals surface area contributed by atoms with Crippen molar-refractivity contribution in [1.82, 2.24) is 15.1 Å². The number of carbonyl (C=O) groups excluding carboxylic acids is 2.